The van der Waals surface area contributed by atoms with Gasteiger partial charge in [-0.3, -0.25) is 14.4 Å². The van der Waals surface area contributed by atoms with Gasteiger partial charge >= 0.3 is 5.97 Å². The SMILES string of the molecule is CCOC(=O)c1ccc(N2C(=O)[C@@H]3[C@@H](C2=O)[C@@]2(c4ccccc4)C(=O)[C@@]3(c3ccccc3)C(c3ccccc3)=C2c2ccccc2)cc1. The summed E-state index contributed by atoms with van der Waals surface area (Å²) in [6.45, 7) is 1.96. The summed E-state index contributed by atoms with van der Waals surface area (Å²) in [7, 11) is 0. The smallest absolute Gasteiger partial charge is 0.338 e. The van der Waals surface area contributed by atoms with Crippen LogP contribution in [0.1, 0.15) is 39.5 Å². The van der Waals surface area contributed by atoms with E-state index in [1.54, 1.807) is 31.2 Å². The van der Waals surface area contributed by atoms with Gasteiger partial charge in [0.05, 0.1) is 40.5 Å². The molecule has 0 unspecified atom stereocenters. The number of nitrogens with zero attached hydrogens (tertiary/aromatic N) is 1. The van der Waals surface area contributed by atoms with E-state index in [0.717, 1.165) is 22.3 Å². The number of benzene rings is 5. The molecule has 5 aromatic rings. The molecule has 1 aliphatic heterocycles. The number of hydrogen-bond donors (Lipinski definition) is 0. The predicted octanol–water partition coefficient (Wildman–Crippen LogP) is 7.05. The molecule has 3 aliphatic rings. The van der Waals surface area contributed by atoms with Crippen molar-refractivity contribution in [2.75, 3.05) is 11.5 Å². The lowest BCUT2D eigenvalue weighted by Crippen LogP contribution is -2.45. The first-order valence-corrected chi connectivity index (χ1v) is 16.1. The minimum Gasteiger partial charge on any atom is -0.462 e. The lowest BCUT2D eigenvalue weighted by atomic mass is 9.59. The first-order valence-electron chi connectivity index (χ1n) is 16.1. The largest absolute Gasteiger partial charge is 0.462 e. The summed E-state index contributed by atoms with van der Waals surface area (Å²) in [5.74, 6) is -3.58. The number of carbonyl (C=O) groups excluding carboxylic acids is 4. The van der Waals surface area contributed by atoms with Crippen molar-refractivity contribution in [1.29, 1.82) is 0 Å². The number of esters is 1. The maximum Gasteiger partial charge on any atom is 0.338 e. The Morgan fingerprint density at radius 1 is 0.583 bits per heavy atom. The quantitative estimate of drug-likeness (QED) is 0.142. The van der Waals surface area contributed by atoms with E-state index in [1.165, 1.54) is 4.90 Å². The fraction of sp³-hybridized carbons (Fsp3) is 0.143. The molecule has 2 amide bonds. The summed E-state index contributed by atoms with van der Waals surface area (Å²) in [5, 5.41) is 0. The molecule has 234 valence electrons. The Morgan fingerprint density at radius 3 is 1.38 bits per heavy atom. The van der Waals surface area contributed by atoms with Crippen LogP contribution in [0.2, 0.25) is 0 Å². The molecule has 48 heavy (non-hydrogen) atoms. The third-order valence-electron chi connectivity index (χ3n) is 10.2. The molecular weight excluding hydrogens is 598 g/mol. The second kappa shape index (κ2) is 11.1. The van der Waals surface area contributed by atoms with E-state index < -0.39 is 40.4 Å². The van der Waals surface area contributed by atoms with Crippen molar-refractivity contribution >= 4 is 40.4 Å². The number of amides is 2. The van der Waals surface area contributed by atoms with Gasteiger partial charge in [0.15, 0.2) is 5.78 Å². The highest BCUT2D eigenvalue weighted by Crippen LogP contribution is 2.74. The fourth-order valence-corrected chi connectivity index (χ4v) is 8.55. The molecule has 0 radical (unpaired) electrons. The number of Topliss-reactive ketones (excluding diaryl/α,β-unsaturated/α-hetero) is 1. The third kappa shape index (κ3) is 3.80. The van der Waals surface area contributed by atoms with Crippen LogP contribution in [0, 0.1) is 11.8 Å². The standard InChI is InChI=1S/C42H31NO5/c1-2-48-39(46)29-23-25-32(26-24-29)43-37(44)35-36(38(43)45)42(31-21-13-6-14-22-31)34(28-17-9-4-10-18-28)33(27-15-7-3-8-16-27)41(35,40(42)47)30-19-11-5-12-20-30/h3-26,35-36H,2H2,1H3/t35-,36-,41-,42-/m0/s1. The van der Waals surface area contributed by atoms with Gasteiger partial charge in [0.2, 0.25) is 11.8 Å². The molecular formula is C42H31NO5. The first-order chi connectivity index (χ1) is 23.5. The van der Waals surface area contributed by atoms with E-state index in [-0.39, 0.29) is 12.4 Å². The monoisotopic (exact) mass is 629 g/mol. The Labute approximate surface area is 278 Å². The number of hydrogen-bond acceptors (Lipinski definition) is 5. The molecule has 2 bridgehead atoms. The Hall–Kier alpha value is -5.88. The van der Waals surface area contributed by atoms with Crippen molar-refractivity contribution in [3.05, 3.63) is 173 Å². The zero-order valence-corrected chi connectivity index (χ0v) is 26.2. The normalized spacial score (nSPS) is 24.3. The van der Waals surface area contributed by atoms with E-state index in [1.807, 2.05) is 121 Å². The molecule has 8 rings (SSSR count). The molecule has 0 aromatic heterocycles. The van der Waals surface area contributed by atoms with Crippen LogP contribution in [0.5, 0.6) is 0 Å². The zero-order chi connectivity index (χ0) is 33.0. The van der Waals surface area contributed by atoms with Gasteiger partial charge in [-0.25, -0.2) is 9.69 Å². The summed E-state index contributed by atoms with van der Waals surface area (Å²) in [5.41, 5.74) is 2.20. The molecule has 6 heteroatoms. The van der Waals surface area contributed by atoms with Gasteiger partial charge < -0.3 is 4.74 Å². The second-order valence-electron chi connectivity index (χ2n) is 12.4. The lowest BCUT2D eigenvalue weighted by Gasteiger charge is -2.39. The number of rotatable bonds is 7. The van der Waals surface area contributed by atoms with Crippen molar-refractivity contribution in [3.8, 4) is 0 Å². The van der Waals surface area contributed by atoms with Gasteiger partial charge in [-0.15, -0.1) is 0 Å². The minimum atomic E-state index is -1.47. The van der Waals surface area contributed by atoms with E-state index in [9.17, 15) is 4.79 Å². The minimum absolute atomic E-state index is 0.167. The van der Waals surface area contributed by atoms with Crippen LogP contribution < -0.4 is 4.90 Å². The molecule has 0 N–H and O–H groups in total. The number of fused-ring (bicyclic) bond motifs is 5. The van der Waals surface area contributed by atoms with Crippen LogP contribution in [0.25, 0.3) is 11.1 Å². The van der Waals surface area contributed by atoms with Gasteiger partial charge in [0, 0.05) is 0 Å². The topological polar surface area (TPSA) is 80.8 Å². The number of imide groups is 1. The number of ether oxygens (including phenoxy) is 1. The van der Waals surface area contributed by atoms with Crippen molar-refractivity contribution in [3.63, 3.8) is 0 Å². The van der Waals surface area contributed by atoms with Crippen molar-refractivity contribution < 1.29 is 23.9 Å². The summed E-state index contributed by atoms with van der Waals surface area (Å²) in [6.07, 6.45) is 0. The van der Waals surface area contributed by atoms with E-state index in [2.05, 4.69) is 0 Å². The van der Waals surface area contributed by atoms with Gasteiger partial charge in [0.1, 0.15) is 0 Å². The molecule has 2 fully saturated rings. The number of carbonyl (C=O) groups is 4. The molecule has 1 saturated heterocycles. The summed E-state index contributed by atoms with van der Waals surface area (Å²) in [4.78, 5) is 59.7. The summed E-state index contributed by atoms with van der Waals surface area (Å²) in [6, 6.07) is 44.8. The van der Waals surface area contributed by atoms with Crippen LogP contribution in [0.3, 0.4) is 0 Å². The Kier molecular flexibility index (Phi) is 6.84. The van der Waals surface area contributed by atoms with Crippen LogP contribution in [0.4, 0.5) is 5.69 Å². The average molecular weight is 630 g/mol. The van der Waals surface area contributed by atoms with Crippen LogP contribution in [-0.2, 0) is 30.0 Å². The summed E-state index contributed by atoms with van der Waals surface area (Å²) < 4.78 is 5.15. The fourth-order valence-electron chi connectivity index (χ4n) is 8.55. The molecule has 1 heterocycles. The van der Waals surface area contributed by atoms with Crippen molar-refractivity contribution in [2.24, 2.45) is 11.8 Å². The molecule has 1 saturated carbocycles. The zero-order valence-electron chi connectivity index (χ0n) is 26.2. The van der Waals surface area contributed by atoms with Gasteiger partial charge in [-0.05, 0) is 64.6 Å². The number of allylic oxidation sites excluding steroid dienone is 2. The molecule has 0 spiro atoms. The van der Waals surface area contributed by atoms with Gasteiger partial charge in [0.25, 0.3) is 0 Å². The number of anilines is 1. The molecule has 5 aromatic carbocycles. The van der Waals surface area contributed by atoms with Crippen molar-refractivity contribution in [2.45, 2.75) is 17.8 Å². The molecule has 4 atom stereocenters. The highest BCUT2D eigenvalue weighted by atomic mass is 16.5. The summed E-state index contributed by atoms with van der Waals surface area (Å²) >= 11 is 0. The second-order valence-corrected chi connectivity index (χ2v) is 12.4. The molecule has 2 aliphatic carbocycles. The van der Waals surface area contributed by atoms with Crippen LogP contribution in [-0.4, -0.2) is 30.2 Å². The third-order valence-corrected chi connectivity index (χ3v) is 10.2. The number of ketones is 1. The average Bonchev–Trinajstić information content (AvgIpc) is 3.65. The Bertz CT molecular complexity index is 1990. The first kappa shape index (κ1) is 29.5. The Morgan fingerprint density at radius 2 is 0.979 bits per heavy atom. The van der Waals surface area contributed by atoms with Gasteiger partial charge in [-0.2, -0.15) is 0 Å². The lowest BCUT2D eigenvalue weighted by molar-refractivity contribution is -0.130. The maximum absolute atomic E-state index is 15.9. The highest BCUT2D eigenvalue weighted by Gasteiger charge is 2.82. The van der Waals surface area contributed by atoms with Crippen LogP contribution >= 0.6 is 0 Å². The maximum atomic E-state index is 15.9. The van der Waals surface area contributed by atoms with Crippen LogP contribution in [0.15, 0.2) is 146 Å². The van der Waals surface area contributed by atoms with Gasteiger partial charge in [-0.1, -0.05) is 121 Å². The predicted molar refractivity (Wildman–Crippen MR) is 183 cm³/mol. The van der Waals surface area contributed by atoms with Crippen molar-refractivity contribution in [1.82, 2.24) is 0 Å². The van der Waals surface area contributed by atoms with E-state index in [4.69, 9.17) is 4.74 Å². The Balaban J connectivity index is 1.46. The van der Waals surface area contributed by atoms with E-state index >= 15 is 14.4 Å². The molecule has 6 nitrogen and oxygen atoms in total. The van der Waals surface area contributed by atoms with E-state index in [0.29, 0.717) is 22.4 Å². The highest BCUT2D eigenvalue weighted by molar-refractivity contribution is 6.39.